The van der Waals surface area contributed by atoms with Crippen molar-refractivity contribution in [3.8, 4) is 23.0 Å². The highest BCUT2D eigenvalue weighted by Crippen LogP contribution is 2.45. The Bertz CT molecular complexity index is 532. The Kier molecular flexibility index (Phi) is 4.52. The van der Waals surface area contributed by atoms with Crippen molar-refractivity contribution in [3.05, 3.63) is 23.8 Å². The highest BCUT2D eigenvalue weighted by atomic mass is 16.6. The Hall–Kier alpha value is -2.50. The number of benzene rings is 1. The number of aromatic hydroxyl groups is 1. The average Bonchev–Trinajstić information content (AvgIpc) is 2.39. The van der Waals surface area contributed by atoms with E-state index in [1.165, 1.54) is 27.2 Å². The molecule has 102 valence electrons. The predicted molar refractivity (Wildman–Crippen MR) is 67.0 cm³/mol. The number of ether oxygens (including phenoxy) is 3. The molecule has 19 heavy (non-hydrogen) atoms. The number of rotatable bonds is 5. The van der Waals surface area contributed by atoms with Crippen molar-refractivity contribution in [2.75, 3.05) is 14.2 Å². The van der Waals surface area contributed by atoms with Gasteiger partial charge in [0.05, 0.1) is 19.8 Å². The molecule has 0 amide bonds. The molecule has 0 unspecified atom stereocenters. The molecular formula is C13H14O6. The van der Waals surface area contributed by atoms with Crippen molar-refractivity contribution >= 4 is 12.3 Å². The Labute approximate surface area is 110 Å². The normalized spacial score (nSPS) is 9.63. The minimum Gasteiger partial charge on any atom is -0.502 e. The van der Waals surface area contributed by atoms with Gasteiger partial charge < -0.3 is 19.3 Å². The molecular weight excluding hydrogens is 252 g/mol. The predicted octanol–water partition coefficient (Wildman–Crippen LogP) is 1.70. The van der Waals surface area contributed by atoms with Crippen LogP contribution in [0.1, 0.15) is 17.3 Å². The molecule has 0 heterocycles. The van der Waals surface area contributed by atoms with Gasteiger partial charge in [0, 0.05) is 5.57 Å². The van der Waals surface area contributed by atoms with Gasteiger partial charge in [0.1, 0.15) is 0 Å². The number of phenols is 1. The summed E-state index contributed by atoms with van der Waals surface area (Å²) >= 11 is 0. The molecule has 0 aliphatic heterocycles. The highest BCUT2D eigenvalue weighted by Gasteiger charge is 2.22. The molecule has 0 saturated heterocycles. The quantitative estimate of drug-likeness (QED) is 0.378. The van der Waals surface area contributed by atoms with E-state index in [4.69, 9.17) is 14.2 Å². The molecule has 0 radical (unpaired) electrons. The van der Waals surface area contributed by atoms with Crippen molar-refractivity contribution in [2.24, 2.45) is 0 Å². The number of hydrogen-bond acceptors (Lipinski definition) is 6. The van der Waals surface area contributed by atoms with Gasteiger partial charge in [-0.3, -0.25) is 4.79 Å². The van der Waals surface area contributed by atoms with E-state index in [1.807, 2.05) is 0 Å². The van der Waals surface area contributed by atoms with Crippen molar-refractivity contribution in [1.29, 1.82) is 0 Å². The van der Waals surface area contributed by atoms with Gasteiger partial charge in [-0.25, -0.2) is 4.79 Å². The van der Waals surface area contributed by atoms with Crippen LogP contribution in [0.3, 0.4) is 0 Å². The second-order valence-electron chi connectivity index (χ2n) is 3.67. The van der Waals surface area contributed by atoms with Gasteiger partial charge in [-0.15, -0.1) is 0 Å². The van der Waals surface area contributed by atoms with Crippen molar-refractivity contribution in [1.82, 2.24) is 0 Å². The largest absolute Gasteiger partial charge is 0.502 e. The van der Waals surface area contributed by atoms with Crippen LogP contribution in [0, 0.1) is 0 Å². The third-order valence-electron chi connectivity index (χ3n) is 2.30. The molecule has 0 atom stereocenters. The second kappa shape index (κ2) is 5.90. The minimum absolute atomic E-state index is 0.0149. The molecule has 0 bridgehead atoms. The topological polar surface area (TPSA) is 82.1 Å². The van der Waals surface area contributed by atoms with Crippen LogP contribution in [-0.4, -0.2) is 31.6 Å². The summed E-state index contributed by atoms with van der Waals surface area (Å²) in [6, 6.07) is 1.24. The molecule has 1 aromatic carbocycles. The first-order valence-corrected chi connectivity index (χ1v) is 5.27. The van der Waals surface area contributed by atoms with Crippen LogP contribution in [0.15, 0.2) is 18.2 Å². The maximum absolute atomic E-state index is 11.5. The molecule has 0 aliphatic rings. The van der Waals surface area contributed by atoms with Gasteiger partial charge in [-0.05, 0) is 13.0 Å². The molecule has 1 rings (SSSR count). The van der Waals surface area contributed by atoms with E-state index in [1.54, 1.807) is 0 Å². The summed E-state index contributed by atoms with van der Waals surface area (Å²) in [7, 11) is 2.59. The van der Waals surface area contributed by atoms with Gasteiger partial charge in [0.2, 0.25) is 11.5 Å². The lowest BCUT2D eigenvalue weighted by Gasteiger charge is -2.14. The summed E-state index contributed by atoms with van der Waals surface area (Å²) in [6.45, 7) is 4.88. The highest BCUT2D eigenvalue weighted by molar-refractivity contribution is 5.92. The standard InChI is InChI=1S/C13H14O6/c1-7(2)13(16)19-11-8(6-14)5-9(17-3)10(15)12(11)18-4/h5-6,15H,1H2,2-4H3. The number of hydrogen-bond donors (Lipinski definition) is 1. The van der Waals surface area contributed by atoms with Crippen LogP contribution < -0.4 is 14.2 Å². The Balaban J connectivity index is 3.43. The summed E-state index contributed by atoms with van der Waals surface area (Å²) < 4.78 is 14.8. The zero-order valence-corrected chi connectivity index (χ0v) is 10.9. The number of esters is 1. The monoisotopic (exact) mass is 266 g/mol. The zero-order valence-electron chi connectivity index (χ0n) is 10.9. The van der Waals surface area contributed by atoms with E-state index in [0.29, 0.717) is 6.29 Å². The fourth-order valence-corrected chi connectivity index (χ4v) is 1.34. The van der Waals surface area contributed by atoms with Crippen molar-refractivity contribution < 1.29 is 28.9 Å². The van der Waals surface area contributed by atoms with E-state index in [2.05, 4.69) is 6.58 Å². The van der Waals surface area contributed by atoms with Crippen LogP contribution in [0.2, 0.25) is 0 Å². The number of carbonyl (C=O) groups is 2. The average molecular weight is 266 g/mol. The first kappa shape index (κ1) is 14.6. The van der Waals surface area contributed by atoms with Crippen molar-refractivity contribution in [3.63, 3.8) is 0 Å². The van der Waals surface area contributed by atoms with Gasteiger partial charge in [0.15, 0.2) is 17.8 Å². The molecule has 6 nitrogen and oxygen atoms in total. The Morgan fingerprint density at radius 3 is 2.37 bits per heavy atom. The van der Waals surface area contributed by atoms with Crippen LogP contribution in [0.25, 0.3) is 0 Å². The van der Waals surface area contributed by atoms with E-state index >= 15 is 0 Å². The van der Waals surface area contributed by atoms with E-state index < -0.39 is 5.97 Å². The summed E-state index contributed by atoms with van der Waals surface area (Å²) in [5, 5.41) is 9.86. The molecule has 0 aliphatic carbocycles. The maximum Gasteiger partial charge on any atom is 0.338 e. The summed E-state index contributed by atoms with van der Waals surface area (Å²) in [4.78, 5) is 22.5. The summed E-state index contributed by atoms with van der Waals surface area (Å²) in [5.74, 6) is -1.39. The third-order valence-corrected chi connectivity index (χ3v) is 2.30. The first-order chi connectivity index (χ1) is 8.96. The smallest absolute Gasteiger partial charge is 0.338 e. The van der Waals surface area contributed by atoms with Gasteiger partial charge in [-0.2, -0.15) is 0 Å². The lowest BCUT2D eigenvalue weighted by Crippen LogP contribution is -2.11. The lowest BCUT2D eigenvalue weighted by atomic mass is 10.1. The fraction of sp³-hybridized carbons (Fsp3) is 0.231. The summed E-state index contributed by atoms with van der Waals surface area (Å²) in [6.07, 6.45) is 0.464. The first-order valence-electron chi connectivity index (χ1n) is 5.27. The molecule has 6 heteroatoms. The molecule has 0 saturated carbocycles. The SMILES string of the molecule is C=C(C)C(=O)Oc1c(C=O)cc(OC)c(O)c1OC. The van der Waals surface area contributed by atoms with E-state index in [-0.39, 0.29) is 34.1 Å². The molecule has 1 aromatic rings. The Morgan fingerprint density at radius 2 is 1.95 bits per heavy atom. The molecule has 0 fully saturated rings. The number of methoxy groups -OCH3 is 2. The third kappa shape index (κ3) is 2.85. The molecule has 0 spiro atoms. The molecule has 1 N–H and O–H groups in total. The number of carbonyl (C=O) groups excluding carboxylic acids is 2. The van der Waals surface area contributed by atoms with Crippen LogP contribution in [-0.2, 0) is 4.79 Å². The van der Waals surface area contributed by atoms with Crippen LogP contribution >= 0.6 is 0 Å². The van der Waals surface area contributed by atoms with Gasteiger partial charge in [-0.1, -0.05) is 6.58 Å². The van der Waals surface area contributed by atoms with Gasteiger partial charge >= 0.3 is 5.97 Å². The molecule has 0 aromatic heterocycles. The van der Waals surface area contributed by atoms with E-state index in [9.17, 15) is 14.7 Å². The number of aldehydes is 1. The van der Waals surface area contributed by atoms with Crippen LogP contribution in [0.5, 0.6) is 23.0 Å². The van der Waals surface area contributed by atoms with Crippen LogP contribution in [0.4, 0.5) is 0 Å². The maximum atomic E-state index is 11.5. The minimum atomic E-state index is -0.731. The summed E-state index contributed by atoms with van der Waals surface area (Å²) in [5.41, 5.74) is 0.162. The Morgan fingerprint density at radius 1 is 1.32 bits per heavy atom. The van der Waals surface area contributed by atoms with E-state index in [0.717, 1.165) is 0 Å². The van der Waals surface area contributed by atoms with Gasteiger partial charge in [0.25, 0.3) is 0 Å². The zero-order chi connectivity index (χ0) is 14.6. The number of phenolic OH excluding ortho intramolecular Hbond substituents is 1. The fourth-order valence-electron chi connectivity index (χ4n) is 1.34. The lowest BCUT2D eigenvalue weighted by molar-refractivity contribution is -0.130. The second-order valence-corrected chi connectivity index (χ2v) is 3.67. The van der Waals surface area contributed by atoms with Crippen molar-refractivity contribution in [2.45, 2.75) is 6.92 Å².